The molecule has 2 aromatic rings. The van der Waals surface area contributed by atoms with Gasteiger partial charge in [-0.05, 0) is 31.2 Å². The Morgan fingerprint density at radius 1 is 1.12 bits per heavy atom. The zero-order valence-corrected chi connectivity index (χ0v) is 15.1. The van der Waals surface area contributed by atoms with Crippen LogP contribution in [-0.2, 0) is 14.8 Å². The van der Waals surface area contributed by atoms with E-state index in [-0.39, 0.29) is 10.8 Å². The van der Waals surface area contributed by atoms with Crippen molar-refractivity contribution in [2.24, 2.45) is 0 Å². The number of anilines is 1. The number of amides is 1. The zero-order valence-electron chi connectivity index (χ0n) is 13.5. The second-order valence-electron chi connectivity index (χ2n) is 4.81. The number of methoxy groups -OCH3 is 2. The molecule has 0 fully saturated rings. The number of nitrogens with one attached hydrogen (secondary N) is 2. The molecule has 1 heterocycles. The van der Waals surface area contributed by atoms with Crippen LogP contribution in [0.15, 0.2) is 34.5 Å². The summed E-state index contributed by atoms with van der Waals surface area (Å²) in [6.45, 7) is 1.45. The van der Waals surface area contributed by atoms with Gasteiger partial charge in [0, 0.05) is 16.6 Å². The minimum atomic E-state index is -3.69. The predicted molar refractivity (Wildman–Crippen MR) is 92.4 cm³/mol. The van der Waals surface area contributed by atoms with Crippen LogP contribution in [-0.4, -0.2) is 35.1 Å². The van der Waals surface area contributed by atoms with Crippen LogP contribution in [0.25, 0.3) is 0 Å². The number of sulfonamides is 1. The van der Waals surface area contributed by atoms with E-state index in [1.807, 2.05) is 6.92 Å². The van der Waals surface area contributed by atoms with Crippen molar-refractivity contribution in [1.82, 2.24) is 4.72 Å². The first-order chi connectivity index (χ1) is 11.4. The Kier molecular flexibility index (Phi) is 5.81. The molecule has 0 bridgehead atoms. The highest BCUT2D eigenvalue weighted by atomic mass is 32.2. The Balaban J connectivity index is 1.98. The molecule has 0 spiro atoms. The molecule has 2 N–H and O–H groups in total. The van der Waals surface area contributed by atoms with Crippen molar-refractivity contribution in [1.29, 1.82) is 0 Å². The molecule has 1 aromatic heterocycles. The van der Waals surface area contributed by atoms with Crippen LogP contribution in [0.5, 0.6) is 11.5 Å². The van der Waals surface area contributed by atoms with Gasteiger partial charge in [0.25, 0.3) is 10.0 Å². The van der Waals surface area contributed by atoms with E-state index in [1.54, 1.807) is 24.3 Å². The molecule has 1 amide bonds. The van der Waals surface area contributed by atoms with Crippen LogP contribution in [0.3, 0.4) is 0 Å². The first-order valence-corrected chi connectivity index (χ1v) is 9.23. The highest BCUT2D eigenvalue weighted by molar-refractivity contribution is 7.91. The van der Waals surface area contributed by atoms with E-state index in [1.165, 1.54) is 20.3 Å². The summed E-state index contributed by atoms with van der Waals surface area (Å²) >= 11 is 1.15. The van der Waals surface area contributed by atoms with Crippen molar-refractivity contribution < 1.29 is 22.7 Å². The Hall–Kier alpha value is -2.10. The molecule has 7 nitrogen and oxygen atoms in total. The summed E-state index contributed by atoms with van der Waals surface area (Å²) in [6, 6.07) is 8.09. The van der Waals surface area contributed by atoms with E-state index < -0.39 is 15.9 Å². The summed E-state index contributed by atoms with van der Waals surface area (Å²) in [5.74, 6) is 0.508. The van der Waals surface area contributed by atoms with Crippen LogP contribution in [0.4, 0.5) is 5.69 Å². The largest absolute Gasteiger partial charge is 0.493 e. The van der Waals surface area contributed by atoms with Gasteiger partial charge in [-0.25, -0.2) is 13.1 Å². The molecule has 0 saturated carbocycles. The average molecular weight is 370 g/mol. The number of benzene rings is 1. The van der Waals surface area contributed by atoms with Crippen LogP contribution >= 0.6 is 11.3 Å². The Labute approximate surface area is 144 Å². The monoisotopic (exact) mass is 370 g/mol. The van der Waals surface area contributed by atoms with Crippen LogP contribution in [0, 0.1) is 6.92 Å². The van der Waals surface area contributed by atoms with E-state index >= 15 is 0 Å². The summed E-state index contributed by atoms with van der Waals surface area (Å²) in [4.78, 5) is 12.8. The molecular weight excluding hydrogens is 352 g/mol. The maximum atomic E-state index is 12.1. The molecule has 9 heteroatoms. The normalized spacial score (nSPS) is 11.1. The smallest absolute Gasteiger partial charge is 0.250 e. The number of rotatable bonds is 7. The predicted octanol–water partition coefficient (Wildman–Crippen LogP) is 1.99. The van der Waals surface area contributed by atoms with Crippen LogP contribution < -0.4 is 19.5 Å². The molecule has 0 aliphatic heterocycles. The van der Waals surface area contributed by atoms with Gasteiger partial charge in [0.15, 0.2) is 11.5 Å². The summed E-state index contributed by atoms with van der Waals surface area (Å²) in [5, 5.41) is 2.60. The lowest BCUT2D eigenvalue weighted by Gasteiger charge is -2.11. The summed E-state index contributed by atoms with van der Waals surface area (Å²) in [5.41, 5.74) is 0.476. The third kappa shape index (κ3) is 4.47. The van der Waals surface area contributed by atoms with Crippen molar-refractivity contribution in [2.75, 3.05) is 26.1 Å². The highest BCUT2D eigenvalue weighted by Gasteiger charge is 2.17. The van der Waals surface area contributed by atoms with Crippen LogP contribution in [0.1, 0.15) is 4.88 Å². The lowest BCUT2D eigenvalue weighted by atomic mass is 10.2. The molecular formula is C15H18N2O5S2. The Morgan fingerprint density at radius 2 is 1.83 bits per heavy atom. The number of hydrogen-bond donors (Lipinski definition) is 2. The van der Waals surface area contributed by atoms with Gasteiger partial charge in [-0.15, -0.1) is 11.3 Å². The summed E-state index contributed by atoms with van der Waals surface area (Å²) in [6.07, 6.45) is 0. The quantitative estimate of drug-likeness (QED) is 0.777. The molecule has 1 aromatic carbocycles. The van der Waals surface area contributed by atoms with Gasteiger partial charge in [-0.1, -0.05) is 0 Å². The van der Waals surface area contributed by atoms with Crippen molar-refractivity contribution >= 4 is 33.0 Å². The van der Waals surface area contributed by atoms with E-state index in [9.17, 15) is 13.2 Å². The first-order valence-electron chi connectivity index (χ1n) is 6.93. The number of thiophene rings is 1. The van der Waals surface area contributed by atoms with Gasteiger partial charge in [0.2, 0.25) is 5.91 Å². The summed E-state index contributed by atoms with van der Waals surface area (Å²) < 4.78 is 36.8. The molecule has 0 aliphatic rings. The molecule has 0 atom stereocenters. The third-order valence-corrected chi connectivity index (χ3v) is 5.96. The zero-order chi connectivity index (χ0) is 17.7. The SMILES string of the molecule is COc1ccc(NC(=O)CNS(=O)(=O)c2ccc(C)s2)cc1OC. The topological polar surface area (TPSA) is 93.7 Å². The fourth-order valence-corrected chi connectivity index (χ4v) is 4.22. The Bertz CT molecular complexity index is 830. The lowest BCUT2D eigenvalue weighted by molar-refractivity contribution is -0.115. The second kappa shape index (κ2) is 7.65. The van der Waals surface area contributed by atoms with E-state index in [4.69, 9.17) is 9.47 Å². The standard InChI is InChI=1S/C15H18N2O5S2/c1-10-4-7-15(23-10)24(19,20)16-9-14(18)17-11-5-6-12(21-2)13(8-11)22-3/h4-8,16H,9H2,1-3H3,(H,17,18). The summed E-state index contributed by atoms with van der Waals surface area (Å²) in [7, 11) is -0.690. The molecule has 2 rings (SSSR count). The van der Waals surface area contributed by atoms with Crippen molar-refractivity contribution in [3.8, 4) is 11.5 Å². The highest BCUT2D eigenvalue weighted by Crippen LogP contribution is 2.29. The molecule has 130 valence electrons. The number of hydrogen-bond acceptors (Lipinski definition) is 6. The molecule has 0 aliphatic carbocycles. The van der Waals surface area contributed by atoms with E-state index in [2.05, 4.69) is 10.0 Å². The molecule has 0 radical (unpaired) electrons. The van der Waals surface area contributed by atoms with Gasteiger partial charge >= 0.3 is 0 Å². The fourth-order valence-electron chi connectivity index (χ4n) is 1.91. The fraction of sp³-hybridized carbons (Fsp3) is 0.267. The van der Waals surface area contributed by atoms with E-state index in [0.29, 0.717) is 17.2 Å². The number of ether oxygens (including phenoxy) is 2. The van der Waals surface area contributed by atoms with Crippen molar-refractivity contribution in [2.45, 2.75) is 11.1 Å². The number of carbonyl (C=O) groups is 1. The van der Waals surface area contributed by atoms with Gasteiger partial charge in [-0.2, -0.15) is 0 Å². The average Bonchev–Trinajstić information content (AvgIpc) is 3.00. The van der Waals surface area contributed by atoms with Gasteiger partial charge in [0.1, 0.15) is 4.21 Å². The maximum absolute atomic E-state index is 12.1. The Morgan fingerprint density at radius 3 is 2.42 bits per heavy atom. The first kappa shape index (κ1) is 18.2. The van der Waals surface area contributed by atoms with E-state index in [0.717, 1.165) is 16.2 Å². The third-order valence-electron chi connectivity index (χ3n) is 3.07. The maximum Gasteiger partial charge on any atom is 0.250 e. The van der Waals surface area contributed by atoms with Gasteiger partial charge in [0.05, 0.1) is 20.8 Å². The van der Waals surface area contributed by atoms with Crippen molar-refractivity contribution in [3.63, 3.8) is 0 Å². The van der Waals surface area contributed by atoms with Crippen molar-refractivity contribution in [3.05, 3.63) is 35.2 Å². The van der Waals surface area contributed by atoms with Crippen LogP contribution in [0.2, 0.25) is 0 Å². The molecule has 0 unspecified atom stereocenters. The lowest BCUT2D eigenvalue weighted by Crippen LogP contribution is -2.32. The number of carbonyl (C=O) groups excluding carboxylic acids is 1. The van der Waals surface area contributed by atoms with Gasteiger partial charge in [-0.3, -0.25) is 4.79 Å². The minimum absolute atomic E-state index is 0.180. The second-order valence-corrected chi connectivity index (χ2v) is 8.09. The molecule has 24 heavy (non-hydrogen) atoms. The minimum Gasteiger partial charge on any atom is -0.493 e. The number of aryl methyl sites for hydroxylation is 1. The van der Waals surface area contributed by atoms with Gasteiger partial charge < -0.3 is 14.8 Å². The molecule has 0 saturated heterocycles.